The van der Waals surface area contributed by atoms with Crippen molar-refractivity contribution in [3.05, 3.63) is 29.7 Å². The molecule has 0 fully saturated rings. The van der Waals surface area contributed by atoms with Crippen molar-refractivity contribution in [2.75, 3.05) is 5.33 Å². The van der Waals surface area contributed by atoms with Crippen molar-refractivity contribution in [2.24, 2.45) is 0 Å². The van der Waals surface area contributed by atoms with Crippen LogP contribution in [-0.2, 0) is 5.33 Å². The number of Topliss-reactive ketones (excluding diaryl/α,β-unsaturated/α-hetero) is 1. The number of para-hydroxylation sites is 1. The van der Waals surface area contributed by atoms with Crippen molar-refractivity contribution in [1.82, 2.24) is 4.98 Å². The highest BCUT2D eigenvalue weighted by Gasteiger charge is 2.14. The third kappa shape index (κ3) is 1.99. The smallest absolute Gasteiger partial charge is 0.265 e. The number of oxazole rings is 1. The molecule has 0 aliphatic carbocycles. The summed E-state index contributed by atoms with van der Waals surface area (Å²) in [7, 11) is 0. The van der Waals surface area contributed by atoms with Crippen LogP contribution in [0.1, 0.15) is 16.2 Å². The molecule has 5 heteroatoms. The number of rotatable bonds is 3. The minimum atomic E-state index is -0.147. The first-order valence-corrected chi connectivity index (χ1v) is 6.54. The van der Waals surface area contributed by atoms with Crippen LogP contribution in [0.3, 0.4) is 0 Å². The minimum absolute atomic E-state index is 0.147. The highest BCUT2D eigenvalue weighted by molar-refractivity contribution is 9.09. The van der Waals surface area contributed by atoms with E-state index >= 15 is 0 Å². The molecule has 0 spiro atoms. The van der Waals surface area contributed by atoms with Gasteiger partial charge in [0, 0.05) is 10.9 Å². The predicted molar refractivity (Wildman–Crippen MR) is 64.8 cm³/mol. The molecule has 0 aliphatic rings. The Kier molecular flexibility index (Phi) is 3.21. The van der Waals surface area contributed by atoms with E-state index in [1.807, 2.05) is 18.2 Å². The van der Waals surface area contributed by atoms with Crippen LogP contribution in [0.15, 0.2) is 22.6 Å². The lowest BCUT2D eigenvalue weighted by molar-refractivity contribution is 0.0989. The van der Waals surface area contributed by atoms with Crippen molar-refractivity contribution in [3.8, 4) is 0 Å². The van der Waals surface area contributed by atoms with E-state index in [-0.39, 0.29) is 17.0 Å². The van der Waals surface area contributed by atoms with Gasteiger partial charge in [0.1, 0.15) is 5.52 Å². The summed E-state index contributed by atoms with van der Waals surface area (Å²) in [5.41, 5.74) is 2.39. The van der Waals surface area contributed by atoms with Crippen molar-refractivity contribution in [1.29, 1.82) is 0 Å². The van der Waals surface area contributed by atoms with Crippen molar-refractivity contribution in [3.63, 3.8) is 0 Å². The Labute approximate surface area is 103 Å². The van der Waals surface area contributed by atoms with Gasteiger partial charge >= 0.3 is 0 Å². The number of fused-ring (bicyclic) bond motifs is 1. The standard InChI is InChI=1S/C10H7Br2NO2/c11-4-6-2-1-3-7-9(6)15-10(13-7)8(14)5-12/h1-3H,4-5H2. The van der Waals surface area contributed by atoms with Gasteiger partial charge in [0.25, 0.3) is 5.89 Å². The van der Waals surface area contributed by atoms with E-state index in [2.05, 4.69) is 36.8 Å². The van der Waals surface area contributed by atoms with Gasteiger partial charge in [-0.25, -0.2) is 4.98 Å². The number of benzene rings is 1. The molecule has 0 saturated carbocycles. The topological polar surface area (TPSA) is 43.1 Å². The zero-order chi connectivity index (χ0) is 10.8. The molecule has 1 heterocycles. The molecule has 0 saturated heterocycles. The van der Waals surface area contributed by atoms with Crippen LogP contribution < -0.4 is 0 Å². The molecule has 3 nitrogen and oxygen atoms in total. The minimum Gasteiger partial charge on any atom is -0.433 e. The molecule has 0 radical (unpaired) electrons. The first-order valence-electron chi connectivity index (χ1n) is 4.30. The Morgan fingerprint density at radius 3 is 2.87 bits per heavy atom. The number of aromatic nitrogens is 1. The van der Waals surface area contributed by atoms with E-state index in [0.717, 1.165) is 11.1 Å². The maximum Gasteiger partial charge on any atom is 0.265 e. The van der Waals surface area contributed by atoms with Gasteiger partial charge in [-0.3, -0.25) is 4.79 Å². The number of ketones is 1. The number of hydrogen-bond donors (Lipinski definition) is 0. The number of alkyl halides is 2. The molecule has 15 heavy (non-hydrogen) atoms. The second kappa shape index (κ2) is 4.45. The van der Waals surface area contributed by atoms with E-state index in [9.17, 15) is 4.79 Å². The predicted octanol–water partition coefficient (Wildman–Crippen LogP) is 3.30. The van der Waals surface area contributed by atoms with Crippen molar-refractivity contribution < 1.29 is 9.21 Å². The molecule has 2 rings (SSSR count). The largest absolute Gasteiger partial charge is 0.433 e. The Morgan fingerprint density at radius 2 is 2.20 bits per heavy atom. The van der Waals surface area contributed by atoms with E-state index in [1.54, 1.807) is 0 Å². The quantitative estimate of drug-likeness (QED) is 0.639. The molecular weight excluding hydrogens is 326 g/mol. The van der Waals surface area contributed by atoms with Crippen LogP contribution >= 0.6 is 31.9 Å². The third-order valence-corrected chi connectivity index (χ3v) is 3.11. The molecule has 1 aromatic carbocycles. The van der Waals surface area contributed by atoms with Crippen molar-refractivity contribution >= 4 is 48.7 Å². The maximum atomic E-state index is 11.4. The first-order chi connectivity index (χ1) is 7.26. The summed E-state index contributed by atoms with van der Waals surface area (Å²) < 4.78 is 5.42. The average Bonchev–Trinajstić information content (AvgIpc) is 2.71. The average molecular weight is 333 g/mol. The van der Waals surface area contributed by atoms with Crippen molar-refractivity contribution in [2.45, 2.75) is 5.33 Å². The summed E-state index contributed by atoms with van der Waals surface area (Å²) in [6.45, 7) is 0. The van der Waals surface area contributed by atoms with E-state index in [0.29, 0.717) is 10.9 Å². The molecule has 78 valence electrons. The monoisotopic (exact) mass is 331 g/mol. The van der Waals surface area contributed by atoms with Gasteiger partial charge in [-0.2, -0.15) is 0 Å². The fourth-order valence-corrected chi connectivity index (χ4v) is 1.97. The highest BCUT2D eigenvalue weighted by atomic mass is 79.9. The highest BCUT2D eigenvalue weighted by Crippen LogP contribution is 2.22. The zero-order valence-electron chi connectivity index (χ0n) is 7.67. The number of hydrogen-bond acceptors (Lipinski definition) is 3. The Balaban J connectivity index is 2.60. The van der Waals surface area contributed by atoms with Gasteiger partial charge in [0.05, 0.1) is 5.33 Å². The molecule has 0 N–H and O–H groups in total. The summed E-state index contributed by atoms with van der Waals surface area (Å²) in [6.07, 6.45) is 0. The van der Waals surface area contributed by atoms with Gasteiger partial charge in [-0.1, -0.05) is 44.0 Å². The lowest BCUT2D eigenvalue weighted by atomic mass is 10.2. The molecule has 1 aromatic heterocycles. The van der Waals surface area contributed by atoms with Gasteiger partial charge in [0.15, 0.2) is 5.58 Å². The molecule has 0 aliphatic heterocycles. The van der Waals surface area contributed by atoms with Crippen LogP contribution in [0.25, 0.3) is 11.1 Å². The van der Waals surface area contributed by atoms with E-state index in [4.69, 9.17) is 4.42 Å². The van der Waals surface area contributed by atoms with Gasteiger partial charge in [-0.15, -0.1) is 0 Å². The molecule has 0 amide bonds. The summed E-state index contributed by atoms with van der Waals surface area (Å²) in [5, 5.41) is 0.908. The zero-order valence-corrected chi connectivity index (χ0v) is 10.8. The third-order valence-electron chi connectivity index (χ3n) is 2.00. The molecule has 2 aromatic rings. The molecular formula is C10H7Br2NO2. The number of carbonyl (C=O) groups is 1. The lowest BCUT2D eigenvalue weighted by Crippen LogP contribution is -1.99. The SMILES string of the molecule is O=C(CBr)c1nc2cccc(CBr)c2o1. The number of nitrogens with zero attached hydrogens (tertiary/aromatic N) is 1. The van der Waals surface area contributed by atoms with E-state index < -0.39 is 0 Å². The second-order valence-electron chi connectivity index (χ2n) is 2.97. The van der Waals surface area contributed by atoms with Gasteiger partial charge in [0.2, 0.25) is 5.78 Å². The van der Waals surface area contributed by atoms with Crippen LogP contribution in [0.4, 0.5) is 0 Å². The molecule has 0 bridgehead atoms. The lowest BCUT2D eigenvalue weighted by Gasteiger charge is -1.93. The van der Waals surface area contributed by atoms with Crippen LogP contribution in [0.5, 0.6) is 0 Å². The van der Waals surface area contributed by atoms with Crippen LogP contribution in [0, 0.1) is 0 Å². The fraction of sp³-hybridized carbons (Fsp3) is 0.200. The summed E-state index contributed by atoms with van der Waals surface area (Å²) >= 11 is 6.45. The molecule has 0 atom stereocenters. The van der Waals surface area contributed by atoms with Crippen LogP contribution in [0.2, 0.25) is 0 Å². The van der Waals surface area contributed by atoms with Gasteiger partial charge in [-0.05, 0) is 6.07 Å². The summed E-state index contributed by atoms with van der Waals surface area (Å²) in [4.78, 5) is 15.5. The summed E-state index contributed by atoms with van der Waals surface area (Å²) in [5.74, 6) is 0.0157. The summed E-state index contributed by atoms with van der Waals surface area (Å²) in [6, 6.07) is 5.66. The fourth-order valence-electron chi connectivity index (χ4n) is 1.29. The molecule has 0 unspecified atom stereocenters. The Bertz CT molecular complexity index is 507. The van der Waals surface area contributed by atoms with Gasteiger partial charge < -0.3 is 4.42 Å². The number of halogens is 2. The first kappa shape index (κ1) is 10.8. The second-order valence-corrected chi connectivity index (χ2v) is 4.10. The Hall–Kier alpha value is -0.680. The van der Waals surface area contributed by atoms with E-state index in [1.165, 1.54) is 0 Å². The number of carbonyl (C=O) groups excluding carboxylic acids is 1. The normalized spacial score (nSPS) is 10.8. The van der Waals surface area contributed by atoms with Crippen LogP contribution in [-0.4, -0.2) is 16.1 Å². The maximum absolute atomic E-state index is 11.4. The Morgan fingerprint density at radius 1 is 1.40 bits per heavy atom.